The largest absolute Gasteiger partial charge is 0.397 e. The van der Waals surface area contributed by atoms with E-state index in [9.17, 15) is 4.21 Å². The van der Waals surface area contributed by atoms with Gasteiger partial charge in [-0.05, 0) is 25.0 Å². The van der Waals surface area contributed by atoms with Crippen LogP contribution >= 0.6 is 0 Å². The maximum Gasteiger partial charge on any atom is 0.128 e. The minimum Gasteiger partial charge on any atom is -0.397 e. The highest BCUT2D eigenvalue weighted by Crippen LogP contribution is 2.14. The van der Waals surface area contributed by atoms with E-state index < -0.39 is 10.8 Å². The first kappa shape index (κ1) is 13.0. The molecule has 4 nitrogen and oxygen atoms in total. The summed E-state index contributed by atoms with van der Waals surface area (Å²) >= 11 is 0. The van der Waals surface area contributed by atoms with Crippen molar-refractivity contribution in [1.29, 1.82) is 0 Å². The lowest BCUT2D eigenvalue weighted by molar-refractivity contribution is 0.672. The topological polar surface area (TPSA) is 68.0 Å². The Kier molecular flexibility index (Phi) is 4.73. The normalized spacial score (nSPS) is 14.4. The Morgan fingerprint density at radius 1 is 1.62 bits per heavy atom. The molecule has 0 aliphatic carbocycles. The van der Waals surface area contributed by atoms with Crippen LogP contribution in [-0.4, -0.2) is 27.2 Å². The van der Waals surface area contributed by atoms with Crippen LogP contribution in [0.15, 0.2) is 12.3 Å². The summed E-state index contributed by atoms with van der Waals surface area (Å²) in [6, 6.07) is 1.89. The van der Waals surface area contributed by atoms with Crippen LogP contribution in [0, 0.1) is 6.92 Å². The Bertz CT molecular complexity index is 381. The lowest BCUT2D eigenvalue weighted by Gasteiger charge is -2.11. The maximum atomic E-state index is 11.1. The van der Waals surface area contributed by atoms with Crippen molar-refractivity contribution < 1.29 is 4.21 Å². The molecule has 2 atom stereocenters. The first-order chi connectivity index (χ1) is 7.50. The summed E-state index contributed by atoms with van der Waals surface area (Å²) in [5, 5.41) is 3.43. The van der Waals surface area contributed by atoms with E-state index in [1.54, 1.807) is 12.5 Å². The molecule has 0 aliphatic rings. The number of nitrogens with two attached hydrogens (primary N) is 1. The number of nitrogen functional groups attached to an aromatic ring is 1. The number of rotatable bonds is 5. The van der Waals surface area contributed by atoms with Crippen LogP contribution in [0.5, 0.6) is 0 Å². The number of aromatic nitrogens is 1. The fourth-order valence-electron chi connectivity index (χ4n) is 1.34. The molecule has 0 spiro atoms. The molecule has 0 bridgehead atoms. The van der Waals surface area contributed by atoms with Gasteiger partial charge in [0.1, 0.15) is 5.82 Å². The second-order valence-electron chi connectivity index (χ2n) is 3.96. The Morgan fingerprint density at radius 3 is 2.88 bits per heavy atom. The van der Waals surface area contributed by atoms with E-state index in [0.29, 0.717) is 5.69 Å². The number of nitrogens with zero attached hydrogens (tertiary/aromatic N) is 1. The van der Waals surface area contributed by atoms with Crippen LogP contribution < -0.4 is 11.1 Å². The Hall–Kier alpha value is -1.10. The van der Waals surface area contributed by atoms with Gasteiger partial charge in [-0.25, -0.2) is 4.98 Å². The molecule has 1 rings (SSSR count). The van der Waals surface area contributed by atoms with Gasteiger partial charge in [-0.15, -0.1) is 0 Å². The molecule has 0 fully saturated rings. The van der Waals surface area contributed by atoms with E-state index in [4.69, 9.17) is 5.73 Å². The first-order valence-corrected chi connectivity index (χ1v) is 6.91. The smallest absolute Gasteiger partial charge is 0.128 e. The molecule has 2 unspecified atom stereocenters. The highest BCUT2D eigenvalue weighted by Gasteiger charge is 2.06. The van der Waals surface area contributed by atoms with Gasteiger partial charge in [0.05, 0.1) is 11.9 Å². The third-order valence-corrected chi connectivity index (χ3v) is 3.88. The summed E-state index contributed by atoms with van der Waals surface area (Å²) < 4.78 is 11.1. The van der Waals surface area contributed by atoms with Crippen molar-refractivity contribution in [1.82, 2.24) is 4.98 Å². The predicted molar refractivity (Wildman–Crippen MR) is 70.0 cm³/mol. The molecule has 0 saturated carbocycles. The number of aryl methyl sites for hydroxylation is 1. The Labute approximate surface area is 99.1 Å². The number of pyridine rings is 1. The summed E-state index contributed by atoms with van der Waals surface area (Å²) in [6.07, 6.45) is 4.24. The van der Waals surface area contributed by atoms with Gasteiger partial charge in [0.2, 0.25) is 0 Å². The van der Waals surface area contributed by atoms with Gasteiger partial charge >= 0.3 is 0 Å². The predicted octanol–water partition coefficient (Wildman–Crippen LogP) is 1.54. The van der Waals surface area contributed by atoms with Crippen molar-refractivity contribution in [3.05, 3.63) is 17.8 Å². The van der Waals surface area contributed by atoms with Crippen LogP contribution in [0.3, 0.4) is 0 Å². The molecule has 0 aliphatic heterocycles. The SMILES string of the molecule is Cc1cc(N)cnc1NCCC(C)S(C)=O. The highest BCUT2D eigenvalue weighted by atomic mass is 32.2. The zero-order chi connectivity index (χ0) is 12.1. The summed E-state index contributed by atoms with van der Waals surface area (Å²) in [7, 11) is -0.758. The molecule has 5 heteroatoms. The molecule has 90 valence electrons. The van der Waals surface area contributed by atoms with Crippen LogP contribution in [0.2, 0.25) is 0 Å². The van der Waals surface area contributed by atoms with Crippen molar-refractivity contribution >= 4 is 22.3 Å². The van der Waals surface area contributed by atoms with Crippen molar-refractivity contribution in [3.8, 4) is 0 Å². The molecule has 1 aromatic rings. The molecule has 1 aromatic heterocycles. The highest BCUT2D eigenvalue weighted by molar-refractivity contribution is 7.84. The molecule has 0 radical (unpaired) electrons. The average Bonchev–Trinajstić information content (AvgIpc) is 2.20. The quantitative estimate of drug-likeness (QED) is 0.820. The summed E-state index contributed by atoms with van der Waals surface area (Å²) in [5.41, 5.74) is 7.32. The Balaban J connectivity index is 2.46. The van der Waals surface area contributed by atoms with Crippen LogP contribution in [-0.2, 0) is 10.8 Å². The number of hydrogen-bond acceptors (Lipinski definition) is 4. The summed E-state index contributed by atoms with van der Waals surface area (Å²) in [4.78, 5) is 4.21. The first-order valence-electron chi connectivity index (χ1n) is 5.29. The lowest BCUT2D eigenvalue weighted by Crippen LogP contribution is -2.15. The van der Waals surface area contributed by atoms with Gasteiger partial charge in [0.25, 0.3) is 0 Å². The molecule has 16 heavy (non-hydrogen) atoms. The van der Waals surface area contributed by atoms with Crippen molar-refractivity contribution in [2.45, 2.75) is 25.5 Å². The van der Waals surface area contributed by atoms with Gasteiger partial charge in [-0.2, -0.15) is 0 Å². The molecule has 0 aromatic carbocycles. The summed E-state index contributed by atoms with van der Waals surface area (Å²) in [6.45, 7) is 4.73. The molecule has 1 heterocycles. The Morgan fingerprint density at radius 2 is 2.31 bits per heavy atom. The van der Waals surface area contributed by atoms with Gasteiger partial charge < -0.3 is 11.1 Å². The fourth-order valence-corrected chi connectivity index (χ4v) is 1.79. The molecule has 0 amide bonds. The minimum absolute atomic E-state index is 0.210. The van der Waals surface area contributed by atoms with Gasteiger partial charge in [0.15, 0.2) is 0 Å². The zero-order valence-corrected chi connectivity index (χ0v) is 10.8. The van der Waals surface area contributed by atoms with E-state index in [1.807, 2.05) is 19.9 Å². The van der Waals surface area contributed by atoms with Gasteiger partial charge in [0, 0.05) is 28.9 Å². The van der Waals surface area contributed by atoms with Gasteiger partial charge in [-0.3, -0.25) is 4.21 Å². The number of nitrogens with one attached hydrogen (secondary N) is 1. The van der Waals surface area contributed by atoms with Crippen molar-refractivity contribution in [2.24, 2.45) is 0 Å². The molecular weight excluding hydrogens is 222 g/mol. The van der Waals surface area contributed by atoms with E-state index >= 15 is 0 Å². The van der Waals surface area contributed by atoms with E-state index in [2.05, 4.69) is 10.3 Å². The van der Waals surface area contributed by atoms with E-state index in [-0.39, 0.29) is 5.25 Å². The lowest BCUT2D eigenvalue weighted by atomic mass is 10.2. The van der Waals surface area contributed by atoms with Crippen LogP contribution in [0.25, 0.3) is 0 Å². The van der Waals surface area contributed by atoms with E-state index in [1.165, 1.54) is 0 Å². The fraction of sp³-hybridized carbons (Fsp3) is 0.545. The third kappa shape index (κ3) is 3.81. The monoisotopic (exact) mass is 241 g/mol. The average molecular weight is 241 g/mol. The van der Waals surface area contributed by atoms with Crippen molar-refractivity contribution in [2.75, 3.05) is 23.9 Å². The molecule has 0 saturated heterocycles. The molecular formula is C11H19N3OS. The second-order valence-corrected chi connectivity index (χ2v) is 5.76. The third-order valence-electron chi connectivity index (χ3n) is 2.51. The number of anilines is 2. The maximum absolute atomic E-state index is 11.1. The summed E-state index contributed by atoms with van der Waals surface area (Å²) in [5.74, 6) is 0.850. The molecule has 3 N–H and O–H groups in total. The number of hydrogen-bond donors (Lipinski definition) is 2. The van der Waals surface area contributed by atoms with Crippen molar-refractivity contribution in [3.63, 3.8) is 0 Å². The van der Waals surface area contributed by atoms with E-state index in [0.717, 1.165) is 24.3 Å². The van der Waals surface area contributed by atoms with Crippen LogP contribution in [0.4, 0.5) is 11.5 Å². The standard InChI is InChI=1S/C11H19N3OS/c1-8-6-10(12)7-14-11(8)13-5-4-9(2)16(3)15/h6-7,9H,4-5,12H2,1-3H3,(H,13,14). The van der Waals surface area contributed by atoms with Crippen LogP contribution in [0.1, 0.15) is 18.9 Å². The van der Waals surface area contributed by atoms with Gasteiger partial charge in [-0.1, -0.05) is 6.92 Å². The second kappa shape index (κ2) is 5.84. The zero-order valence-electron chi connectivity index (χ0n) is 9.99. The minimum atomic E-state index is -0.758.